The Labute approximate surface area is 150 Å². The van der Waals surface area contributed by atoms with Crippen LogP contribution in [0.3, 0.4) is 0 Å². The number of carbonyl (C=O) groups excluding carboxylic acids is 1. The summed E-state index contributed by atoms with van der Waals surface area (Å²) in [6, 6.07) is 8.58. The first-order valence-corrected chi connectivity index (χ1v) is 9.45. The van der Waals surface area contributed by atoms with E-state index >= 15 is 0 Å². The zero-order valence-electron chi connectivity index (χ0n) is 15.3. The topological polar surface area (TPSA) is 42.0 Å². The molecule has 25 heavy (non-hydrogen) atoms. The number of rotatable bonds is 6. The van der Waals surface area contributed by atoms with Gasteiger partial charge in [0.2, 0.25) is 5.91 Å². The van der Waals surface area contributed by atoms with Gasteiger partial charge in [0.1, 0.15) is 0 Å². The van der Waals surface area contributed by atoms with E-state index in [4.69, 9.17) is 9.47 Å². The maximum Gasteiger partial charge on any atom is 0.227 e. The molecule has 0 atom stereocenters. The van der Waals surface area contributed by atoms with Gasteiger partial charge >= 0.3 is 0 Å². The molecule has 2 aliphatic rings. The van der Waals surface area contributed by atoms with Crippen LogP contribution in [0, 0.1) is 6.92 Å². The van der Waals surface area contributed by atoms with Gasteiger partial charge in [-0.05, 0) is 25.3 Å². The Morgan fingerprint density at radius 2 is 1.88 bits per heavy atom. The Morgan fingerprint density at radius 1 is 1.16 bits per heavy atom. The molecule has 5 heteroatoms. The predicted octanol–water partition coefficient (Wildman–Crippen LogP) is 1.88. The highest BCUT2D eigenvalue weighted by molar-refractivity contribution is 5.79. The molecule has 0 aliphatic carbocycles. The van der Waals surface area contributed by atoms with Crippen LogP contribution in [0.2, 0.25) is 0 Å². The number of nitrogens with zero attached hydrogens (tertiary/aromatic N) is 2. The molecule has 0 spiro atoms. The van der Waals surface area contributed by atoms with E-state index in [1.54, 1.807) is 0 Å². The smallest absolute Gasteiger partial charge is 0.227 e. The predicted molar refractivity (Wildman–Crippen MR) is 97.7 cm³/mol. The third-order valence-electron chi connectivity index (χ3n) is 5.15. The van der Waals surface area contributed by atoms with Crippen LogP contribution in [-0.2, 0) is 20.7 Å². The number of hydrogen-bond acceptors (Lipinski definition) is 4. The normalized spacial score (nSPS) is 19.7. The summed E-state index contributed by atoms with van der Waals surface area (Å²) >= 11 is 0. The largest absolute Gasteiger partial charge is 0.381 e. The summed E-state index contributed by atoms with van der Waals surface area (Å²) in [6.07, 6.45) is 2.38. The zero-order chi connectivity index (χ0) is 17.5. The second kappa shape index (κ2) is 9.32. The first kappa shape index (κ1) is 18.4. The van der Waals surface area contributed by atoms with Gasteiger partial charge in [0.25, 0.3) is 0 Å². The highest BCUT2D eigenvalue weighted by atomic mass is 16.5. The van der Waals surface area contributed by atoms with Crippen LogP contribution >= 0.6 is 0 Å². The van der Waals surface area contributed by atoms with Gasteiger partial charge in [-0.15, -0.1) is 0 Å². The number of morpholine rings is 1. The summed E-state index contributed by atoms with van der Waals surface area (Å²) in [6.45, 7) is 8.86. The van der Waals surface area contributed by atoms with Crippen molar-refractivity contribution in [3.05, 3.63) is 35.4 Å². The lowest BCUT2D eigenvalue weighted by molar-refractivity contribution is -0.135. The maximum atomic E-state index is 13.0. The summed E-state index contributed by atoms with van der Waals surface area (Å²) in [5, 5.41) is 0. The monoisotopic (exact) mass is 346 g/mol. The van der Waals surface area contributed by atoms with E-state index in [1.807, 2.05) is 6.07 Å². The summed E-state index contributed by atoms with van der Waals surface area (Å²) in [5.74, 6) is 0.241. The van der Waals surface area contributed by atoms with E-state index in [9.17, 15) is 4.79 Å². The number of ether oxygens (including phenoxy) is 2. The van der Waals surface area contributed by atoms with E-state index < -0.39 is 0 Å². The molecule has 2 saturated heterocycles. The van der Waals surface area contributed by atoms with Crippen molar-refractivity contribution in [1.82, 2.24) is 9.80 Å². The minimum absolute atomic E-state index is 0.241. The van der Waals surface area contributed by atoms with Crippen molar-refractivity contribution in [3.8, 4) is 0 Å². The number of benzene rings is 1. The molecule has 2 aliphatic heterocycles. The zero-order valence-corrected chi connectivity index (χ0v) is 15.3. The molecule has 5 nitrogen and oxygen atoms in total. The SMILES string of the molecule is Cc1cccc(CC(=O)N(CCN2CCOCC2)C2CCOCC2)c1. The van der Waals surface area contributed by atoms with E-state index in [0.717, 1.165) is 71.0 Å². The molecule has 0 unspecified atom stereocenters. The Morgan fingerprint density at radius 3 is 2.60 bits per heavy atom. The lowest BCUT2D eigenvalue weighted by Gasteiger charge is -2.36. The van der Waals surface area contributed by atoms with Gasteiger partial charge in [-0.1, -0.05) is 29.8 Å². The van der Waals surface area contributed by atoms with Crippen molar-refractivity contribution in [3.63, 3.8) is 0 Å². The fourth-order valence-electron chi connectivity index (χ4n) is 3.68. The first-order chi connectivity index (χ1) is 12.2. The Balaban J connectivity index is 1.62. The Bertz CT molecular complexity index is 552. The van der Waals surface area contributed by atoms with Crippen molar-refractivity contribution in [1.29, 1.82) is 0 Å². The van der Waals surface area contributed by atoms with Crippen molar-refractivity contribution in [2.45, 2.75) is 32.2 Å². The lowest BCUT2D eigenvalue weighted by Crippen LogP contribution is -2.49. The van der Waals surface area contributed by atoms with Crippen LogP contribution in [0.4, 0.5) is 0 Å². The molecule has 1 aromatic rings. The summed E-state index contributed by atoms with van der Waals surface area (Å²) < 4.78 is 10.9. The van der Waals surface area contributed by atoms with Crippen LogP contribution in [-0.4, -0.2) is 74.4 Å². The van der Waals surface area contributed by atoms with Crippen LogP contribution in [0.25, 0.3) is 0 Å². The molecule has 2 heterocycles. The third kappa shape index (κ3) is 5.53. The third-order valence-corrected chi connectivity index (χ3v) is 5.15. The maximum absolute atomic E-state index is 13.0. The molecule has 0 N–H and O–H groups in total. The van der Waals surface area contributed by atoms with Gasteiger partial charge < -0.3 is 14.4 Å². The van der Waals surface area contributed by atoms with Crippen LogP contribution in [0.1, 0.15) is 24.0 Å². The molecular formula is C20H30N2O3. The van der Waals surface area contributed by atoms with Crippen molar-refractivity contribution >= 4 is 5.91 Å². The van der Waals surface area contributed by atoms with E-state index in [0.29, 0.717) is 12.5 Å². The highest BCUT2D eigenvalue weighted by Crippen LogP contribution is 2.17. The first-order valence-electron chi connectivity index (χ1n) is 9.45. The van der Waals surface area contributed by atoms with Crippen molar-refractivity contribution < 1.29 is 14.3 Å². The average molecular weight is 346 g/mol. The molecular weight excluding hydrogens is 316 g/mol. The second-order valence-electron chi connectivity index (χ2n) is 7.05. The van der Waals surface area contributed by atoms with Crippen LogP contribution in [0.15, 0.2) is 24.3 Å². The number of aryl methyl sites for hydroxylation is 1. The van der Waals surface area contributed by atoms with E-state index in [-0.39, 0.29) is 5.91 Å². The summed E-state index contributed by atoms with van der Waals surface area (Å²) in [4.78, 5) is 17.5. The van der Waals surface area contributed by atoms with E-state index in [2.05, 4.69) is 34.9 Å². The minimum Gasteiger partial charge on any atom is -0.381 e. The fraction of sp³-hybridized carbons (Fsp3) is 0.650. The second-order valence-corrected chi connectivity index (χ2v) is 7.05. The summed E-state index contributed by atoms with van der Waals surface area (Å²) in [5.41, 5.74) is 2.31. The van der Waals surface area contributed by atoms with Gasteiger partial charge in [-0.3, -0.25) is 9.69 Å². The van der Waals surface area contributed by atoms with Gasteiger partial charge in [0.05, 0.1) is 19.6 Å². The van der Waals surface area contributed by atoms with Crippen LogP contribution in [0.5, 0.6) is 0 Å². The summed E-state index contributed by atoms with van der Waals surface area (Å²) in [7, 11) is 0. The number of amides is 1. The number of hydrogen-bond donors (Lipinski definition) is 0. The lowest BCUT2D eigenvalue weighted by atomic mass is 10.0. The molecule has 0 aromatic heterocycles. The van der Waals surface area contributed by atoms with Crippen LogP contribution < -0.4 is 0 Å². The molecule has 0 bridgehead atoms. The Kier molecular flexibility index (Phi) is 6.84. The molecule has 1 aromatic carbocycles. The molecule has 2 fully saturated rings. The molecule has 0 saturated carbocycles. The Hall–Kier alpha value is -1.43. The fourth-order valence-corrected chi connectivity index (χ4v) is 3.68. The van der Waals surface area contributed by atoms with E-state index in [1.165, 1.54) is 5.56 Å². The molecule has 138 valence electrons. The molecule has 3 rings (SSSR count). The number of carbonyl (C=O) groups is 1. The molecule has 1 amide bonds. The van der Waals surface area contributed by atoms with Gasteiger partial charge in [-0.25, -0.2) is 0 Å². The quantitative estimate of drug-likeness (QED) is 0.789. The molecule has 0 radical (unpaired) electrons. The van der Waals surface area contributed by atoms with Gasteiger partial charge in [0.15, 0.2) is 0 Å². The van der Waals surface area contributed by atoms with Gasteiger partial charge in [-0.2, -0.15) is 0 Å². The van der Waals surface area contributed by atoms with Gasteiger partial charge in [0, 0.05) is 45.4 Å². The standard InChI is InChI=1S/C20H30N2O3/c1-17-3-2-4-18(15-17)16-20(23)22(19-5-11-24-12-6-19)8-7-21-9-13-25-14-10-21/h2-4,15,19H,5-14,16H2,1H3. The minimum atomic E-state index is 0.241. The average Bonchev–Trinajstić information content (AvgIpc) is 2.64. The van der Waals surface area contributed by atoms with Crippen molar-refractivity contribution in [2.24, 2.45) is 0 Å². The van der Waals surface area contributed by atoms with Crippen molar-refractivity contribution in [2.75, 3.05) is 52.6 Å². The highest BCUT2D eigenvalue weighted by Gasteiger charge is 2.26.